The van der Waals surface area contributed by atoms with E-state index in [1.807, 2.05) is 44.3 Å². The molecule has 0 aliphatic heterocycles. The van der Waals surface area contributed by atoms with E-state index in [1.54, 1.807) is 6.07 Å². The molecule has 0 fully saturated rings. The van der Waals surface area contributed by atoms with E-state index in [0.717, 1.165) is 17.8 Å². The van der Waals surface area contributed by atoms with E-state index in [4.69, 9.17) is 16.3 Å². The highest BCUT2D eigenvalue weighted by atomic mass is 35.5. The molecule has 0 saturated carbocycles. The third-order valence-electron chi connectivity index (χ3n) is 2.56. The van der Waals surface area contributed by atoms with E-state index >= 15 is 0 Å². The highest BCUT2D eigenvalue weighted by molar-refractivity contribution is 6.30. The Labute approximate surface area is 112 Å². The summed E-state index contributed by atoms with van der Waals surface area (Å²) in [7, 11) is 1.91. The first-order chi connectivity index (χ1) is 8.69. The number of nitrogens with zero attached hydrogens (tertiary/aromatic N) is 1. The average Bonchev–Trinajstić information content (AvgIpc) is 2.33. The minimum Gasteiger partial charge on any atom is -0.439 e. The Morgan fingerprint density at radius 1 is 1.28 bits per heavy atom. The van der Waals surface area contributed by atoms with Crippen molar-refractivity contribution in [3.05, 3.63) is 52.7 Å². The molecule has 0 aliphatic carbocycles. The van der Waals surface area contributed by atoms with Crippen LogP contribution in [0.15, 0.2) is 36.4 Å². The number of rotatable bonds is 4. The lowest BCUT2D eigenvalue weighted by molar-refractivity contribution is 0.461. The predicted molar refractivity (Wildman–Crippen MR) is 73.3 cm³/mol. The molecule has 1 aromatic carbocycles. The normalized spacial score (nSPS) is 10.4. The van der Waals surface area contributed by atoms with Crippen LogP contribution in [0.2, 0.25) is 5.02 Å². The van der Waals surface area contributed by atoms with Crippen LogP contribution in [-0.4, -0.2) is 12.0 Å². The van der Waals surface area contributed by atoms with Crippen LogP contribution in [0.5, 0.6) is 11.6 Å². The zero-order valence-corrected chi connectivity index (χ0v) is 11.2. The van der Waals surface area contributed by atoms with Crippen molar-refractivity contribution in [2.75, 3.05) is 7.05 Å². The largest absolute Gasteiger partial charge is 0.439 e. The van der Waals surface area contributed by atoms with Crippen LogP contribution < -0.4 is 10.1 Å². The zero-order valence-electron chi connectivity index (χ0n) is 10.4. The zero-order chi connectivity index (χ0) is 13.0. The highest BCUT2D eigenvalue weighted by Crippen LogP contribution is 2.23. The number of benzene rings is 1. The van der Waals surface area contributed by atoms with Crippen molar-refractivity contribution in [3.63, 3.8) is 0 Å². The summed E-state index contributed by atoms with van der Waals surface area (Å²) in [6, 6.07) is 11.1. The van der Waals surface area contributed by atoms with E-state index in [1.165, 1.54) is 0 Å². The van der Waals surface area contributed by atoms with Gasteiger partial charge in [-0.25, -0.2) is 4.98 Å². The van der Waals surface area contributed by atoms with Crippen molar-refractivity contribution < 1.29 is 4.74 Å². The summed E-state index contributed by atoms with van der Waals surface area (Å²) in [6.45, 7) is 2.77. The fraction of sp³-hybridized carbons (Fsp3) is 0.214. The summed E-state index contributed by atoms with van der Waals surface area (Å²) >= 11 is 5.90. The maximum absolute atomic E-state index is 5.90. The molecule has 0 amide bonds. The van der Waals surface area contributed by atoms with Crippen LogP contribution in [0, 0.1) is 6.92 Å². The molecule has 0 spiro atoms. The number of hydrogen-bond donors (Lipinski definition) is 1. The summed E-state index contributed by atoms with van der Waals surface area (Å²) in [5.74, 6) is 1.27. The first-order valence-corrected chi connectivity index (χ1v) is 6.11. The Morgan fingerprint density at radius 3 is 2.78 bits per heavy atom. The highest BCUT2D eigenvalue weighted by Gasteiger charge is 2.03. The van der Waals surface area contributed by atoms with E-state index in [2.05, 4.69) is 10.3 Å². The molecular weight excluding hydrogens is 248 g/mol. The molecule has 1 N–H and O–H groups in total. The molecule has 0 radical (unpaired) electrons. The van der Waals surface area contributed by atoms with Crippen molar-refractivity contribution >= 4 is 11.6 Å². The van der Waals surface area contributed by atoms with Crippen LogP contribution in [0.4, 0.5) is 0 Å². The molecule has 94 valence electrons. The summed E-state index contributed by atoms with van der Waals surface area (Å²) in [5.41, 5.74) is 2.12. The Morgan fingerprint density at radius 2 is 2.11 bits per heavy atom. The third kappa shape index (κ3) is 3.22. The van der Waals surface area contributed by atoms with Gasteiger partial charge in [0, 0.05) is 23.3 Å². The molecule has 0 saturated heterocycles. The molecule has 4 heteroatoms. The van der Waals surface area contributed by atoms with Gasteiger partial charge in [0.15, 0.2) is 0 Å². The van der Waals surface area contributed by atoms with Gasteiger partial charge < -0.3 is 10.1 Å². The fourth-order valence-corrected chi connectivity index (χ4v) is 1.83. The molecule has 0 bridgehead atoms. The maximum atomic E-state index is 5.90. The fourth-order valence-electron chi connectivity index (χ4n) is 1.65. The monoisotopic (exact) mass is 262 g/mol. The average molecular weight is 263 g/mol. The summed E-state index contributed by atoms with van der Waals surface area (Å²) < 4.78 is 5.66. The predicted octanol–water partition coefficient (Wildman–Crippen LogP) is 3.56. The first kappa shape index (κ1) is 12.9. The van der Waals surface area contributed by atoms with E-state index in [9.17, 15) is 0 Å². The van der Waals surface area contributed by atoms with Gasteiger partial charge in [0.25, 0.3) is 0 Å². The molecule has 2 aromatic rings. The van der Waals surface area contributed by atoms with Gasteiger partial charge in [0.1, 0.15) is 5.75 Å². The van der Waals surface area contributed by atoms with Crippen molar-refractivity contribution in [2.45, 2.75) is 13.5 Å². The first-order valence-electron chi connectivity index (χ1n) is 5.73. The van der Waals surface area contributed by atoms with Gasteiger partial charge in [-0.3, -0.25) is 0 Å². The van der Waals surface area contributed by atoms with Crippen molar-refractivity contribution in [1.29, 1.82) is 0 Å². The Kier molecular flexibility index (Phi) is 4.18. The van der Waals surface area contributed by atoms with Gasteiger partial charge in [-0.05, 0) is 37.7 Å². The van der Waals surface area contributed by atoms with Gasteiger partial charge in [-0.1, -0.05) is 23.7 Å². The molecule has 0 aliphatic rings. The number of nitrogens with one attached hydrogen (secondary N) is 1. The van der Waals surface area contributed by atoms with Crippen LogP contribution >= 0.6 is 11.6 Å². The topological polar surface area (TPSA) is 34.1 Å². The lowest BCUT2D eigenvalue weighted by Crippen LogP contribution is -2.07. The Hall–Kier alpha value is -1.58. The minimum absolute atomic E-state index is 0.578. The number of halogens is 1. The van der Waals surface area contributed by atoms with Crippen LogP contribution in [0.1, 0.15) is 11.3 Å². The van der Waals surface area contributed by atoms with E-state index in [0.29, 0.717) is 16.7 Å². The summed E-state index contributed by atoms with van der Waals surface area (Å²) in [5, 5.41) is 3.75. The third-order valence-corrected chi connectivity index (χ3v) is 2.79. The Bertz CT molecular complexity index is 543. The van der Waals surface area contributed by atoms with Gasteiger partial charge in [0.05, 0.1) is 0 Å². The van der Waals surface area contributed by atoms with Crippen LogP contribution in [0.25, 0.3) is 0 Å². The molecule has 0 atom stereocenters. The van der Waals surface area contributed by atoms with Crippen molar-refractivity contribution in [2.24, 2.45) is 0 Å². The van der Waals surface area contributed by atoms with Crippen LogP contribution in [-0.2, 0) is 6.54 Å². The van der Waals surface area contributed by atoms with Crippen molar-refractivity contribution in [1.82, 2.24) is 10.3 Å². The second kappa shape index (κ2) is 5.85. The number of hydrogen-bond acceptors (Lipinski definition) is 3. The molecule has 2 rings (SSSR count). The number of aromatic nitrogens is 1. The maximum Gasteiger partial charge on any atom is 0.219 e. The quantitative estimate of drug-likeness (QED) is 0.915. The van der Waals surface area contributed by atoms with Gasteiger partial charge in [-0.15, -0.1) is 0 Å². The number of pyridine rings is 1. The summed E-state index contributed by atoms with van der Waals surface area (Å²) in [4.78, 5) is 4.41. The standard InChI is InChI=1S/C14H15ClN2O/c1-10-11(9-16-2)6-7-14(17-10)18-13-5-3-4-12(15)8-13/h3-8,16H,9H2,1-2H3. The molecular formula is C14H15ClN2O. The number of aryl methyl sites for hydroxylation is 1. The molecule has 3 nitrogen and oxygen atoms in total. The minimum atomic E-state index is 0.578. The summed E-state index contributed by atoms with van der Waals surface area (Å²) in [6.07, 6.45) is 0. The SMILES string of the molecule is CNCc1ccc(Oc2cccc(Cl)c2)nc1C. The lowest BCUT2D eigenvalue weighted by atomic mass is 10.2. The van der Waals surface area contributed by atoms with Gasteiger partial charge in [0.2, 0.25) is 5.88 Å². The second-order valence-electron chi connectivity index (χ2n) is 3.98. The molecule has 1 aromatic heterocycles. The molecule has 1 heterocycles. The van der Waals surface area contributed by atoms with Gasteiger partial charge in [-0.2, -0.15) is 0 Å². The Balaban J connectivity index is 2.17. The molecule has 0 unspecified atom stereocenters. The van der Waals surface area contributed by atoms with E-state index < -0.39 is 0 Å². The van der Waals surface area contributed by atoms with E-state index in [-0.39, 0.29) is 0 Å². The van der Waals surface area contributed by atoms with Crippen molar-refractivity contribution in [3.8, 4) is 11.6 Å². The smallest absolute Gasteiger partial charge is 0.219 e. The number of ether oxygens (including phenoxy) is 1. The molecule has 18 heavy (non-hydrogen) atoms. The lowest BCUT2D eigenvalue weighted by Gasteiger charge is -2.08. The van der Waals surface area contributed by atoms with Crippen LogP contribution in [0.3, 0.4) is 0 Å². The second-order valence-corrected chi connectivity index (χ2v) is 4.42. The van der Waals surface area contributed by atoms with Gasteiger partial charge >= 0.3 is 0 Å².